The van der Waals surface area contributed by atoms with Crippen LogP contribution in [-0.4, -0.2) is 47.6 Å². The predicted molar refractivity (Wildman–Crippen MR) is 148 cm³/mol. The molecule has 7 heteroatoms. The molecule has 2 aliphatic rings. The number of hydrogen-bond acceptors (Lipinski definition) is 6. The van der Waals surface area contributed by atoms with E-state index in [2.05, 4.69) is 0 Å². The quantitative estimate of drug-likeness (QED) is 0.226. The fraction of sp³-hybridized carbons (Fsp3) is 0.312. The first-order valence-corrected chi connectivity index (χ1v) is 13.4. The van der Waals surface area contributed by atoms with Crippen LogP contribution < -0.4 is 14.2 Å². The monoisotopic (exact) mass is 527 g/mol. The number of fused-ring (bicyclic) bond motifs is 1. The molecule has 2 heterocycles. The highest BCUT2D eigenvalue weighted by Crippen LogP contribution is 2.43. The Labute approximate surface area is 228 Å². The van der Waals surface area contributed by atoms with Crippen LogP contribution >= 0.6 is 0 Å². The molecule has 2 atom stereocenters. The largest absolute Gasteiger partial charge is 0.507 e. The molecule has 0 spiro atoms. The fourth-order valence-electron chi connectivity index (χ4n) is 5.31. The number of carbonyl (C=O) groups excluding carboxylic acids is 2. The van der Waals surface area contributed by atoms with Gasteiger partial charge in [-0.1, -0.05) is 36.4 Å². The minimum absolute atomic E-state index is 0.0433. The van der Waals surface area contributed by atoms with Crippen molar-refractivity contribution in [3.63, 3.8) is 0 Å². The summed E-state index contributed by atoms with van der Waals surface area (Å²) in [6.07, 6.45) is 1.32. The fourth-order valence-corrected chi connectivity index (χ4v) is 5.31. The second-order valence-electron chi connectivity index (χ2n) is 9.76. The topological polar surface area (TPSA) is 85.3 Å². The number of rotatable bonds is 9. The zero-order valence-corrected chi connectivity index (χ0v) is 22.5. The minimum Gasteiger partial charge on any atom is -0.507 e. The number of ether oxygens (including phenoxy) is 3. The number of amides is 1. The summed E-state index contributed by atoms with van der Waals surface area (Å²) in [5.41, 5.74) is 3.21. The van der Waals surface area contributed by atoms with Crippen molar-refractivity contribution in [3.8, 4) is 17.2 Å². The van der Waals surface area contributed by atoms with Crippen LogP contribution in [0.5, 0.6) is 17.2 Å². The summed E-state index contributed by atoms with van der Waals surface area (Å²) in [5, 5.41) is 11.5. The maximum absolute atomic E-state index is 13.5. The summed E-state index contributed by atoms with van der Waals surface area (Å²) in [4.78, 5) is 28.5. The van der Waals surface area contributed by atoms with Crippen molar-refractivity contribution in [3.05, 3.63) is 94.6 Å². The van der Waals surface area contributed by atoms with Crippen molar-refractivity contribution in [2.45, 2.75) is 45.8 Å². The van der Waals surface area contributed by atoms with Crippen molar-refractivity contribution in [2.75, 3.05) is 19.8 Å². The van der Waals surface area contributed by atoms with E-state index in [1.165, 1.54) is 0 Å². The number of benzene rings is 3. The Morgan fingerprint density at radius 1 is 0.974 bits per heavy atom. The predicted octanol–water partition coefficient (Wildman–Crippen LogP) is 5.47. The van der Waals surface area contributed by atoms with Crippen molar-refractivity contribution in [1.82, 2.24) is 4.90 Å². The highest BCUT2D eigenvalue weighted by molar-refractivity contribution is 6.46. The van der Waals surface area contributed by atoms with E-state index in [1.54, 1.807) is 29.2 Å². The SMILES string of the molecule is CCOc1ccc(C2/C(=C(/O)c3ccc4c(c3)CC(C)O4)C(=O)C(=O)N2CCc2ccccc2)cc1OCC. The van der Waals surface area contributed by atoms with Gasteiger partial charge in [0.05, 0.1) is 24.8 Å². The maximum atomic E-state index is 13.5. The van der Waals surface area contributed by atoms with Gasteiger partial charge in [-0.2, -0.15) is 0 Å². The molecule has 2 aliphatic heterocycles. The van der Waals surface area contributed by atoms with Gasteiger partial charge in [0.25, 0.3) is 11.7 Å². The number of aliphatic hydroxyl groups is 1. The van der Waals surface area contributed by atoms with Crippen LogP contribution in [0, 0.1) is 0 Å². The van der Waals surface area contributed by atoms with E-state index in [0.717, 1.165) is 16.9 Å². The van der Waals surface area contributed by atoms with Crippen LogP contribution in [0.15, 0.2) is 72.3 Å². The first-order valence-electron chi connectivity index (χ1n) is 13.4. The normalized spacial score (nSPS) is 19.6. The molecule has 1 saturated heterocycles. The second-order valence-corrected chi connectivity index (χ2v) is 9.76. The third kappa shape index (κ3) is 5.21. The number of Topliss-reactive ketones (excluding diaryl/α,β-unsaturated/α-hetero) is 1. The van der Waals surface area contributed by atoms with E-state index in [-0.39, 0.29) is 17.4 Å². The van der Waals surface area contributed by atoms with Crippen molar-refractivity contribution >= 4 is 17.4 Å². The van der Waals surface area contributed by atoms with E-state index in [1.807, 2.05) is 63.2 Å². The van der Waals surface area contributed by atoms with E-state index in [9.17, 15) is 14.7 Å². The second kappa shape index (κ2) is 11.2. The number of hydrogen-bond donors (Lipinski definition) is 1. The van der Waals surface area contributed by atoms with Gasteiger partial charge in [0.1, 0.15) is 17.6 Å². The Kier molecular flexibility index (Phi) is 7.59. The smallest absolute Gasteiger partial charge is 0.295 e. The van der Waals surface area contributed by atoms with Crippen LogP contribution in [0.1, 0.15) is 49.1 Å². The molecule has 7 nitrogen and oxygen atoms in total. The highest BCUT2D eigenvalue weighted by atomic mass is 16.5. The van der Waals surface area contributed by atoms with Crippen LogP contribution in [0.25, 0.3) is 5.76 Å². The van der Waals surface area contributed by atoms with Gasteiger partial charge in [0.15, 0.2) is 11.5 Å². The van der Waals surface area contributed by atoms with Crippen LogP contribution in [0.2, 0.25) is 0 Å². The molecule has 0 radical (unpaired) electrons. The van der Waals surface area contributed by atoms with Crippen LogP contribution in [0.4, 0.5) is 0 Å². The van der Waals surface area contributed by atoms with Crippen molar-refractivity contribution < 1.29 is 28.9 Å². The Hall–Kier alpha value is -4.26. The number of ketones is 1. The summed E-state index contributed by atoms with van der Waals surface area (Å²) in [6, 6.07) is 19.8. The zero-order valence-electron chi connectivity index (χ0n) is 22.5. The standard InChI is InChI=1S/C32H33NO6/c1-4-37-26-14-11-22(19-27(26)38-5-2)29-28(30(34)23-12-13-25-24(18-23)17-20(3)39-25)31(35)32(36)33(29)16-15-21-9-7-6-8-10-21/h6-14,18-20,29,34H,4-5,15-17H2,1-3H3/b30-28-. The Balaban J connectivity index is 1.60. The molecule has 1 N–H and O–H groups in total. The summed E-state index contributed by atoms with van der Waals surface area (Å²) < 4.78 is 17.4. The third-order valence-corrected chi connectivity index (χ3v) is 7.08. The van der Waals surface area contributed by atoms with Crippen LogP contribution in [0.3, 0.4) is 0 Å². The Morgan fingerprint density at radius 2 is 1.72 bits per heavy atom. The lowest BCUT2D eigenvalue weighted by molar-refractivity contribution is -0.139. The molecule has 0 aromatic heterocycles. The van der Waals surface area contributed by atoms with E-state index in [0.29, 0.717) is 55.2 Å². The van der Waals surface area contributed by atoms with Gasteiger partial charge in [0.2, 0.25) is 0 Å². The summed E-state index contributed by atoms with van der Waals surface area (Å²) in [7, 11) is 0. The first kappa shape index (κ1) is 26.4. The number of aliphatic hydroxyl groups excluding tert-OH is 1. The lowest BCUT2D eigenvalue weighted by Gasteiger charge is -2.26. The van der Waals surface area contributed by atoms with E-state index < -0.39 is 17.7 Å². The molecule has 39 heavy (non-hydrogen) atoms. The van der Waals surface area contributed by atoms with Gasteiger partial charge in [-0.05, 0) is 74.2 Å². The zero-order chi connectivity index (χ0) is 27.5. The molecule has 0 bridgehead atoms. The number of carbonyl (C=O) groups is 2. The minimum atomic E-state index is -0.785. The molecule has 1 amide bonds. The van der Waals surface area contributed by atoms with Crippen molar-refractivity contribution in [2.24, 2.45) is 0 Å². The number of likely N-dealkylation sites (tertiary alicyclic amines) is 1. The van der Waals surface area contributed by atoms with Gasteiger partial charge >= 0.3 is 0 Å². The molecule has 1 fully saturated rings. The van der Waals surface area contributed by atoms with Gasteiger partial charge in [-0.3, -0.25) is 9.59 Å². The van der Waals surface area contributed by atoms with Gasteiger partial charge < -0.3 is 24.2 Å². The first-order chi connectivity index (χ1) is 18.9. The van der Waals surface area contributed by atoms with E-state index in [4.69, 9.17) is 14.2 Å². The number of nitrogens with zero attached hydrogens (tertiary/aromatic N) is 1. The molecule has 0 aliphatic carbocycles. The lowest BCUT2D eigenvalue weighted by Crippen LogP contribution is -2.31. The molecular formula is C32H33NO6. The Morgan fingerprint density at radius 3 is 2.46 bits per heavy atom. The average Bonchev–Trinajstić information content (AvgIpc) is 3.44. The summed E-state index contributed by atoms with van der Waals surface area (Å²) in [5.74, 6) is 0.331. The van der Waals surface area contributed by atoms with E-state index >= 15 is 0 Å². The molecule has 202 valence electrons. The highest BCUT2D eigenvalue weighted by Gasteiger charge is 2.46. The molecule has 3 aromatic carbocycles. The molecular weight excluding hydrogens is 494 g/mol. The summed E-state index contributed by atoms with van der Waals surface area (Å²) in [6.45, 7) is 6.96. The third-order valence-electron chi connectivity index (χ3n) is 7.08. The lowest BCUT2D eigenvalue weighted by atomic mass is 9.94. The van der Waals surface area contributed by atoms with Gasteiger partial charge in [0, 0.05) is 18.5 Å². The molecule has 5 rings (SSSR count). The Bertz CT molecular complexity index is 1410. The van der Waals surface area contributed by atoms with Crippen molar-refractivity contribution in [1.29, 1.82) is 0 Å². The molecule has 2 unspecified atom stereocenters. The average molecular weight is 528 g/mol. The molecule has 0 saturated carbocycles. The van der Waals surface area contributed by atoms with Gasteiger partial charge in [-0.25, -0.2) is 0 Å². The molecule has 3 aromatic rings. The van der Waals surface area contributed by atoms with Gasteiger partial charge in [-0.15, -0.1) is 0 Å². The summed E-state index contributed by atoms with van der Waals surface area (Å²) >= 11 is 0. The maximum Gasteiger partial charge on any atom is 0.295 e. The van der Waals surface area contributed by atoms with Crippen LogP contribution in [-0.2, 0) is 22.4 Å².